The van der Waals surface area contributed by atoms with Crippen molar-refractivity contribution in [3.8, 4) is 0 Å². The van der Waals surface area contributed by atoms with Crippen molar-refractivity contribution < 1.29 is 39.0 Å². The molecule has 1 aromatic rings. The number of nitrogens with one attached hydrogen (secondary N) is 4. The number of carbonyl (C=O) groups excluding carboxylic acids is 4. The number of amides is 4. The molecule has 0 fully saturated rings. The average Bonchev–Trinajstić information content (AvgIpc) is 3.30. The Labute approximate surface area is 210 Å². The molecule has 0 saturated heterocycles. The number of aliphatic carboxylic acids is 2. The van der Waals surface area contributed by atoms with Crippen LogP contribution in [0.4, 0.5) is 0 Å². The van der Waals surface area contributed by atoms with Crippen LogP contribution in [0.2, 0.25) is 0 Å². The zero-order chi connectivity index (χ0) is 27.3. The predicted molar refractivity (Wildman–Crippen MR) is 127 cm³/mol. The van der Waals surface area contributed by atoms with Crippen molar-refractivity contribution in [3.63, 3.8) is 0 Å². The van der Waals surface area contributed by atoms with Gasteiger partial charge in [-0.3, -0.25) is 24.0 Å². The van der Waals surface area contributed by atoms with Gasteiger partial charge in [-0.1, -0.05) is 0 Å². The summed E-state index contributed by atoms with van der Waals surface area (Å²) in [5.74, 6) is -5.51. The van der Waals surface area contributed by atoms with Crippen LogP contribution in [0.15, 0.2) is 12.5 Å². The van der Waals surface area contributed by atoms with E-state index in [1.54, 1.807) is 6.26 Å². The van der Waals surface area contributed by atoms with Crippen molar-refractivity contribution in [2.24, 2.45) is 11.5 Å². The lowest BCUT2D eigenvalue weighted by Crippen LogP contribution is -2.57. The van der Waals surface area contributed by atoms with Crippen LogP contribution >= 0.6 is 11.8 Å². The van der Waals surface area contributed by atoms with Crippen LogP contribution in [0.5, 0.6) is 0 Å². The minimum Gasteiger partial charge on any atom is -0.481 e. The molecule has 0 aliphatic carbocycles. The van der Waals surface area contributed by atoms with E-state index < -0.39 is 72.6 Å². The highest BCUT2D eigenvalue weighted by Crippen LogP contribution is 2.06. The highest BCUT2D eigenvalue weighted by Gasteiger charge is 2.31. The van der Waals surface area contributed by atoms with E-state index in [4.69, 9.17) is 16.6 Å². The monoisotopic (exact) mass is 529 g/mol. The maximum absolute atomic E-state index is 12.9. The molecule has 1 rings (SSSR count). The summed E-state index contributed by atoms with van der Waals surface area (Å²) in [5.41, 5.74) is 11.1. The molecule has 16 heteroatoms. The van der Waals surface area contributed by atoms with Gasteiger partial charge in [-0.15, -0.1) is 0 Å². The highest BCUT2D eigenvalue weighted by molar-refractivity contribution is 7.98. The van der Waals surface area contributed by atoms with Crippen molar-refractivity contribution in [2.75, 3.05) is 12.0 Å². The van der Waals surface area contributed by atoms with Crippen LogP contribution in [-0.4, -0.2) is 91.9 Å². The third kappa shape index (κ3) is 11.2. The predicted octanol–water partition coefficient (Wildman–Crippen LogP) is -2.69. The number of H-pyrrole nitrogens is 1. The number of hydrogen-bond donors (Lipinski definition) is 8. The van der Waals surface area contributed by atoms with Gasteiger partial charge >= 0.3 is 11.9 Å². The molecule has 0 spiro atoms. The van der Waals surface area contributed by atoms with Gasteiger partial charge in [-0.25, -0.2) is 9.78 Å². The number of nitrogens with zero attached hydrogens (tertiary/aromatic N) is 1. The Hall–Kier alpha value is -3.66. The molecular weight excluding hydrogens is 498 g/mol. The van der Waals surface area contributed by atoms with E-state index in [0.29, 0.717) is 11.4 Å². The number of aromatic nitrogens is 2. The molecule has 0 saturated carbocycles. The summed E-state index contributed by atoms with van der Waals surface area (Å²) in [6, 6.07) is -5.26. The molecule has 200 valence electrons. The zero-order valence-corrected chi connectivity index (χ0v) is 20.4. The summed E-state index contributed by atoms with van der Waals surface area (Å²) in [6.45, 7) is 0. The van der Waals surface area contributed by atoms with Crippen molar-refractivity contribution >= 4 is 47.3 Å². The number of rotatable bonds is 17. The van der Waals surface area contributed by atoms with E-state index in [1.165, 1.54) is 24.3 Å². The van der Waals surface area contributed by atoms with E-state index in [-0.39, 0.29) is 19.3 Å². The smallest absolute Gasteiger partial charge is 0.326 e. The lowest BCUT2D eigenvalue weighted by Gasteiger charge is -2.25. The first kappa shape index (κ1) is 30.4. The fourth-order valence-corrected chi connectivity index (χ4v) is 3.46. The Balaban J connectivity index is 2.99. The maximum atomic E-state index is 12.9. The largest absolute Gasteiger partial charge is 0.481 e. The van der Waals surface area contributed by atoms with Crippen LogP contribution in [0.1, 0.15) is 31.4 Å². The van der Waals surface area contributed by atoms with Crippen LogP contribution in [0, 0.1) is 0 Å². The third-order valence-electron chi connectivity index (χ3n) is 4.87. The van der Waals surface area contributed by atoms with Crippen molar-refractivity contribution in [1.82, 2.24) is 25.9 Å². The summed E-state index contributed by atoms with van der Waals surface area (Å²) in [6.07, 6.45) is 3.20. The summed E-state index contributed by atoms with van der Waals surface area (Å²) in [5, 5.41) is 25.6. The molecule has 10 N–H and O–H groups in total. The van der Waals surface area contributed by atoms with Crippen LogP contribution in [-0.2, 0) is 35.2 Å². The Kier molecular flexibility index (Phi) is 13.0. The summed E-state index contributed by atoms with van der Waals surface area (Å²) in [4.78, 5) is 78.3. The Bertz CT molecular complexity index is 927. The number of carboxylic acids is 2. The molecule has 0 aliphatic rings. The van der Waals surface area contributed by atoms with Crippen LogP contribution in [0.3, 0.4) is 0 Å². The first-order chi connectivity index (χ1) is 16.9. The first-order valence-corrected chi connectivity index (χ1v) is 12.2. The molecule has 15 nitrogen and oxygen atoms in total. The molecule has 0 aromatic carbocycles. The molecule has 1 heterocycles. The topological polar surface area (TPSA) is 260 Å². The van der Waals surface area contributed by atoms with Gasteiger partial charge in [-0.2, -0.15) is 11.8 Å². The molecular formula is C20H31N7O8S. The van der Waals surface area contributed by atoms with Gasteiger partial charge in [-0.05, 0) is 24.9 Å². The number of thioether (sulfide) groups is 1. The third-order valence-corrected chi connectivity index (χ3v) is 5.52. The van der Waals surface area contributed by atoms with Gasteiger partial charge in [0, 0.05) is 24.7 Å². The Morgan fingerprint density at radius 3 is 2.08 bits per heavy atom. The average molecular weight is 530 g/mol. The number of nitrogens with two attached hydrogens (primary N) is 2. The van der Waals surface area contributed by atoms with Gasteiger partial charge in [0.1, 0.15) is 18.1 Å². The standard InChI is InChI=1S/C20H31N7O8S/c1-36-5-4-13(25-17(31)11(21)7-15(22)28)19(33)26-12(2-3-16(29)30)18(32)27-14(20(34)35)6-10-8-23-9-24-10/h8-9,11-14H,2-7,21H2,1H3,(H2,22,28)(H,23,24)(H,25,31)(H,26,33)(H,27,32)(H,29,30)(H,34,35). The summed E-state index contributed by atoms with van der Waals surface area (Å²) < 4.78 is 0. The highest BCUT2D eigenvalue weighted by atomic mass is 32.2. The van der Waals surface area contributed by atoms with Gasteiger partial charge in [0.05, 0.1) is 18.8 Å². The number of primary amides is 1. The van der Waals surface area contributed by atoms with Gasteiger partial charge in [0.2, 0.25) is 23.6 Å². The van der Waals surface area contributed by atoms with E-state index in [2.05, 4.69) is 25.9 Å². The molecule has 0 aliphatic heterocycles. The van der Waals surface area contributed by atoms with Crippen LogP contribution in [0.25, 0.3) is 0 Å². The lowest BCUT2D eigenvalue weighted by molar-refractivity contribution is -0.143. The molecule has 4 unspecified atom stereocenters. The number of hydrogen-bond acceptors (Lipinski definition) is 9. The van der Waals surface area contributed by atoms with E-state index in [9.17, 15) is 33.9 Å². The van der Waals surface area contributed by atoms with Gasteiger partial charge in [0.25, 0.3) is 0 Å². The van der Waals surface area contributed by atoms with E-state index in [1.807, 2.05) is 0 Å². The number of imidazole rings is 1. The van der Waals surface area contributed by atoms with E-state index >= 15 is 0 Å². The number of carboxylic acid groups (broad SMARTS) is 2. The van der Waals surface area contributed by atoms with Crippen molar-refractivity contribution in [1.29, 1.82) is 0 Å². The lowest BCUT2D eigenvalue weighted by atomic mass is 10.1. The van der Waals surface area contributed by atoms with Crippen molar-refractivity contribution in [3.05, 3.63) is 18.2 Å². The van der Waals surface area contributed by atoms with Gasteiger partial charge < -0.3 is 42.6 Å². The molecule has 1 aromatic heterocycles. The zero-order valence-electron chi connectivity index (χ0n) is 19.6. The van der Waals surface area contributed by atoms with Crippen LogP contribution < -0.4 is 27.4 Å². The number of carbonyl (C=O) groups is 6. The SMILES string of the molecule is CSCCC(NC(=O)C(N)CC(N)=O)C(=O)NC(CCC(=O)O)C(=O)NC(Cc1cnc[nH]1)C(=O)O. The number of aromatic amines is 1. The second kappa shape index (κ2) is 15.4. The molecule has 4 atom stereocenters. The van der Waals surface area contributed by atoms with Crippen molar-refractivity contribution in [2.45, 2.75) is 56.3 Å². The quantitative estimate of drug-likeness (QED) is 0.103. The molecule has 4 amide bonds. The van der Waals surface area contributed by atoms with E-state index in [0.717, 1.165) is 0 Å². The Morgan fingerprint density at radius 1 is 1.00 bits per heavy atom. The minimum absolute atomic E-state index is 0.132. The summed E-state index contributed by atoms with van der Waals surface area (Å²) in [7, 11) is 0. The maximum Gasteiger partial charge on any atom is 0.326 e. The first-order valence-electron chi connectivity index (χ1n) is 10.8. The fourth-order valence-electron chi connectivity index (χ4n) is 2.99. The fraction of sp³-hybridized carbons (Fsp3) is 0.550. The molecule has 0 radical (unpaired) electrons. The summed E-state index contributed by atoms with van der Waals surface area (Å²) >= 11 is 1.38. The second-order valence-electron chi connectivity index (χ2n) is 7.79. The molecule has 0 bridgehead atoms. The second-order valence-corrected chi connectivity index (χ2v) is 8.78. The Morgan fingerprint density at radius 2 is 1.58 bits per heavy atom. The van der Waals surface area contributed by atoms with Gasteiger partial charge in [0.15, 0.2) is 0 Å². The minimum atomic E-state index is -1.41. The molecule has 36 heavy (non-hydrogen) atoms. The normalized spacial score (nSPS) is 14.1.